The number of hydrogen-bond donors (Lipinski definition) is 1. The highest BCUT2D eigenvalue weighted by Gasteiger charge is 2.19. The maximum Gasteiger partial charge on any atom is 0.244 e. The highest BCUT2D eigenvalue weighted by Crippen LogP contribution is 2.26. The molecule has 0 saturated carbocycles. The molecule has 0 spiro atoms. The van der Waals surface area contributed by atoms with Crippen molar-refractivity contribution in [3.05, 3.63) is 82.0 Å². The Balaban J connectivity index is 1.49. The van der Waals surface area contributed by atoms with Crippen LogP contribution in [0, 0.1) is 6.92 Å². The van der Waals surface area contributed by atoms with E-state index < -0.39 is 0 Å². The van der Waals surface area contributed by atoms with E-state index in [4.69, 9.17) is 4.74 Å². The third-order valence-corrected chi connectivity index (χ3v) is 5.55. The van der Waals surface area contributed by atoms with E-state index in [1.165, 1.54) is 10.4 Å². The maximum absolute atomic E-state index is 12.7. The molecule has 4 rings (SSSR count). The molecule has 1 atom stereocenters. The standard InChI is InChI=1S/C22H21N5O2S/c1-15-8-10-16(11-9-15)21(19-7-4-12-30-19)23-20(28)14-27-25-22(24-26-27)17-5-3-6-18(13-17)29-2/h3-13,21H,14H2,1-2H3,(H,23,28). The number of carbonyl (C=O) groups excluding carboxylic acids is 1. The predicted molar refractivity (Wildman–Crippen MR) is 115 cm³/mol. The molecule has 2 aromatic carbocycles. The molecule has 0 aliphatic rings. The van der Waals surface area contributed by atoms with Crippen molar-refractivity contribution in [2.24, 2.45) is 0 Å². The van der Waals surface area contributed by atoms with E-state index in [0.29, 0.717) is 11.6 Å². The molecular weight excluding hydrogens is 398 g/mol. The van der Waals surface area contributed by atoms with Crippen molar-refractivity contribution in [3.63, 3.8) is 0 Å². The minimum atomic E-state index is -0.223. The van der Waals surface area contributed by atoms with E-state index in [1.807, 2.05) is 73.0 Å². The molecule has 1 amide bonds. The smallest absolute Gasteiger partial charge is 0.244 e. The molecule has 2 aromatic heterocycles. The Morgan fingerprint density at radius 2 is 2.00 bits per heavy atom. The van der Waals surface area contributed by atoms with Crippen LogP contribution in [0.15, 0.2) is 66.0 Å². The lowest BCUT2D eigenvalue weighted by Gasteiger charge is -2.18. The van der Waals surface area contributed by atoms with Gasteiger partial charge in [0.1, 0.15) is 12.3 Å². The molecule has 2 heterocycles. The topological polar surface area (TPSA) is 81.9 Å². The van der Waals surface area contributed by atoms with Crippen molar-refractivity contribution in [1.82, 2.24) is 25.5 Å². The highest BCUT2D eigenvalue weighted by atomic mass is 32.1. The van der Waals surface area contributed by atoms with Crippen LogP contribution >= 0.6 is 11.3 Å². The van der Waals surface area contributed by atoms with Gasteiger partial charge in [0.15, 0.2) is 0 Å². The van der Waals surface area contributed by atoms with Gasteiger partial charge < -0.3 is 10.1 Å². The van der Waals surface area contributed by atoms with Crippen LogP contribution in [0.1, 0.15) is 22.0 Å². The normalized spacial score (nSPS) is 11.8. The first-order valence-electron chi connectivity index (χ1n) is 9.44. The first kappa shape index (κ1) is 19.8. The van der Waals surface area contributed by atoms with Crippen LogP contribution in [0.5, 0.6) is 5.75 Å². The zero-order valence-electron chi connectivity index (χ0n) is 16.6. The number of amides is 1. The summed E-state index contributed by atoms with van der Waals surface area (Å²) in [7, 11) is 1.60. The van der Waals surface area contributed by atoms with Crippen LogP contribution in [-0.4, -0.2) is 33.2 Å². The van der Waals surface area contributed by atoms with Crippen LogP contribution in [0.2, 0.25) is 0 Å². The average molecular weight is 420 g/mol. The van der Waals surface area contributed by atoms with Gasteiger partial charge in [-0.3, -0.25) is 4.79 Å². The average Bonchev–Trinajstić information content (AvgIpc) is 3.45. The predicted octanol–water partition coefficient (Wildman–Crippen LogP) is 3.62. The van der Waals surface area contributed by atoms with Crippen molar-refractivity contribution in [2.75, 3.05) is 7.11 Å². The lowest BCUT2D eigenvalue weighted by molar-refractivity contribution is -0.122. The van der Waals surface area contributed by atoms with E-state index in [2.05, 4.69) is 20.7 Å². The van der Waals surface area contributed by atoms with E-state index in [9.17, 15) is 4.79 Å². The molecule has 1 unspecified atom stereocenters. The fraction of sp³-hybridized carbons (Fsp3) is 0.182. The van der Waals surface area contributed by atoms with Gasteiger partial charge in [0, 0.05) is 10.4 Å². The second-order valence-electron chi connectivity index (χ2n) is 6.80. The quantitative estimate of drug-likeness (QED) is 0.495. The molecular formula is C22H21N5O2S. The lowest BCUT2D eigenvalue weighted by Crippen LogP contribution is -2.32. The number of benzene rings is 2. The molecule has 7 nitrogen and oxygen atoms in total. The zero-order chi connectivity index (χ0) is 20.9. The van der Waals surface area contributed by atoms with Crippen LogP contribution in [0.3, 0.4) is 0 Å². The third kappa shape index (κ3) is 4.55. The van der Waals surface area contributed by atoms with Crippen molar-refractivity contribution in [1.29, 1.82) is 0 Å². The van der Waals surface area contributed by atoms with Crippen molar-refractivity contribution in [3.8, 4) is 17.1 Å². The number of aryl methyl sites for hydroxylation is 1. The van der Waals surface area contributed by atoms with Gasteiger partial charge in [0.25, 0.3) is 0 Å². The number of ether oxygens (including phenoxy) is 1. The lowest BCUT2D eigenvalue weighted by atomic mass is 10.0. The van der Waals surface area contributed by atoms with Crippen molar-refractivity contribution >= 4 is 17.2 Å². The molecule has 0 bridgehead atoms. The van der Waals surface area contributed by atoms with E-state index in [0.717, 1.165) is 16.0 Å². The Hall–Kier alpha value is -3.52. The Kier molecular flexibility index (Phi) is 5.85. The molecule has 8 heteroatoms. The number of aromatic nitrogens is 4. The van der Waals surface area contributed by atoms with Gasteiger partial charge in [0.05, 0.1) is 13.2 Å². The molecule has 152 valence electrons. The summed E-state index contributed by atoms with van der Waals surface area (Å²) in [4.78, 5) is 15.1. The van der Waals surface area contributed by atoms with Gasteiger partial charge in [0.2, 0.25) is 11.7 Å². The molecule has 1 N–H and O–H groups in total. The number of rotatable bonds is 7. The van der Waals surface area contributed by atoms with Gasteiger partial charge in [-0.1, -0.05) is 48.0 Å². The fourth-order valence-electron chi connectivity index (χ4n) is 3.06. The Labute approximate surface area is 178 Å². The Morgan fingerprint density at radius 1 is 1.17 bits per heavy atom. The summed E-state index contributed by atoms with van der Waals surface area (Å²) >= 11 is 1.61. The van der Waals surface area contributed by atoms with Gasteiger partial charge in [-0.2, -0.15) is 4.80 Å². The minimum Gasteiger partial charge on any atom is -0.497 e. The third-order valence-electron chi connectivity index (χ3n) is 4.61. The highest BCUT2D eigenvalue weighted by molar-refractivity contribution is 7.10. The summed E-state index contributed by atoms with van der Waals surface area (Å²) < 4.78 is 5.23. The summed E-state index contributed by atoms with van der Waals surface area (Å²) in [5.74, 6) is 0.956. The maximum atomic E-state index is 12.7. The summed E-state index contributed by atoms with van der Waals surface area (Å²) in [5.41, 5.74) is 2.98. The molecule has 0 radical (unpaired) electrons. The number of hydrogen-bond acceptors (Lipinski definition) is 6. The Morgan fingerprint density at radius 3 is 2.73 bits per heavy atom. The van der Waals surface area contributed by atoms with E-state index in [1.54, 1.807) is 18.4 Å². The van der Waals surface area contributed by atoms with Gasteiger partial charge >= 0.3 is 0 Å². The van der Waals surface area contributed by atoms with Crippen molar-refractivity contribution < 1.29 is 9.53 Å². The monoisotopic (exact) mass is 419 g/mol. The summed E-state index contributed by atoms with van der Waals surface area (Å²) in [6.45, 7) is 2.02. The zero-order valence-corrected chi connectivity index (χ0v) is 17.5. The van der Waals surface area contributed by atoms with E-state index in [-0.39, 0.29) is 18.5 Å². The van der Waals surface area contributed by atoms with Crippen LogP contribution in [0.25, 0.3) is 11.4 Å². The van der Waals surface area contributed by atoms with E-state index >= 15 is 0 Å². The molecule has 30 heavy (non-hydrogen) atoms. The Bertz CT molecular complexity index is 1120. The number of carbonyl (C=O) groups is 1. The molecule has 0 fully saturated rings. The SMILES string of the molecule is COc1cccc(-c2nnn(CC(=O)NC(c3ccc(C)cc3)c3cccs3)n2)c1. The number of nitrogens with one attached hydrogen (secondary N) is 1. The van der Waals surface area contributed by atoms with Crippen LogP contribution in [0.4, 0.5) is 0 Å². The number of nitrogens with zero attached hydrogens (tertiary/aromatic N) is 4. The number of tetrazole rings is 1. The van der Waals surface area contributed by atoms with Crippen LogP contribution < -0.4 is 10.1 Å². The molecule has 0 aliphatic heterocycles. The summed E-state index contributed by atoms with van der Waals surface area (Å²) in [5, 5.41) is 17.5. The first-order valence-corrected chi connectivity index (χ1v) is 10.3. The van der Waals surface area contributed by atoms with Gasteiger partial charge in [-0.15, -0.1) is 21.5 Å². The molecule has 0 saturated heterocycles. The second-order valence-corrected chi connectivity index (χ2v) is 7.78. The second kappa shape index (κ2) is 8.87. The summed E-state index contributed by atoms with van der Waals surface area (Å²) in [6, 6.07) is 19.3. The van der Waals surface area contributed by atoms with Gasteiger partial charge in [-0.25, -0.2) is 0 Å². The number of thiophene rings is 1. The van der Waals surface area contributed by atoms with Gasteiger partial charge in [-0.05, 0) is 41.3 Å². The fourth-order valence-corrected chi connectivity index (χ4v) is 3.86. The largest absolute Gasteiger partial charge is 0.497 e. The van der Waals surface area contributed by atoms with Crippen molar-refractivity contribution in [2.45, 2.75) is 19.5 Å². The summed E-state index contributed by atoms with van der Waals surface area (Å²) in [6.07, 6.45) is 0. The first-order chi connectivity index (χ1) is 14.6. The minimum absolute atomic E-state index is 0.0231. The number of methoxy groups -OCH3 is 1. The molecule has 0 aliphatic carbocycles. The molecule has 4 aromatic rings. The van der Waals surface area contributed by atoms with Crippen LogP contribution in [-0.2, 0) is 11.3 Å².